The molecule has 1 aliphatic heterocycles. The van der Waals surface area contributed by atoms with Crippen LogP contribution in [0.1, 0.15) is 30.7 Å². The Morgan fingerprint density at radius 3 is 2.67 bits per heavy atom. The number of thiophene rings is 1. The first-order valence-electron chi connectivity index (χ1n) is 6.96. The van der Waals surface area contributed by atoms with Crippen molar-refractivity contribution in [2.45, 2.75) is 25.8 Å². The van der Waals surface area contributed by atoms with Crippen molar-refractivity contribution in [3.8, 4) is 0 Å². The first-order chi connectivity index (χ1) is 9.97. The van der Waals surface area contributed by atoms with Crippen LogP contribution in [0.3, 0.4) is 0 Å². The highest BCUT2D eigenvalue weighted by Crippen LogP contribution is 2.26. The van der Waals surface area contributed by atoms with Crippen LogP contribution >= 0.6 is 22.9 Å². The van der Waals surface area contributed by atoms with Gasteiger partial charge in [0.15, 0.2) is 0 Å². The number of carboxylic acids is 1. The molecule has 2 heterocycles. The molecule has 1 aromatic heterocycles. The van der Waals surface area contributed by atoms with Crippen molar-refractivity contribution in [2.75, 3.05) is 19.6 Å². The van der Waals surface area contributed by atoms with Gasteiger partial charge in [-0.1, -0.05) is 11.6 Å². The lowest BCUT2D eigenvalue weighted by Gasteiger charge is -2.30. The van der Waals surface area contributed by atoms with Crippen LogP contribution in [0.15, 0.2) is 12.1 Å². The summed E-state index contributed by atoms with van der Waals surface area (Å²) in [7, 11) is 0. The first kappa shape index (κ1) is 16.3. The molecule has 7 heteroatoms. The summed E-state index contributed by atoms with van der Waals surface area (Å²) >= 11 is 7.40. The van der Waals surface area contributed by atoms with E-state index in [2.05, 4.69) is 5.32 Å². The Hall–Kier alpha value is -1.11. The van der Waals surface area contributed by atoms with E-state index in [-0.39, 0.29) is 24.4 Å². The number of likely N-dealkylation sites (tertiary alicyclic amines) is 1. The Balaban J connectivity index is 1.76. The van der Waals surface area contributed by atoms with Gasteiger partial charge in [-0.15, -0.1) is 11.3 Å². The normalized spacial score (nSPS) is 17.7. The minimum absolute atomic E-state index is 0.0216. The van der Waals surface area contributed by atoms with E-state index in [1.165, 1.54) is 11.3 Å². The minimum Gasteiger partial charge on any atom is -0.481 e. The van der Waals surface area contributed by atoms with Crippen molar-refractivity contribution in [3.63, 3.8) is 0 Å². The molecule has 1 amide bonds. The van der Waals surface area contributed by atoms with Crippen LogP contribution in [0.2, 0.25) is 4.34 Å². The fraction of sp³-hybridized carbons (Fsp3) is 0.571. The number of nitrogens with zero attached hydrogens (tertiary/aromatic N) is 1. The molecule has 1 unspecified atom stereocenters. The zero-order valence-corrected chi connectivity index (χ0v) is 13.4. The number of carbonyl (C=O) groups excluding carboxylic acids is 1. The van der Waals surface area contributed by atoms with E-state index in [1.54, 1.807) is 4.90 Å². The maximum absolute atomic E-state index is 12.1. The molecule has 0 radical (unpaired) electrons. The van der Waals surface area contributed by atoms with Crippen LogP contribution < -0.4 is 5.32 Å². The van der Waals surface area contributed by atoms with Gasteiger partial charge >= 0.3 is 5.97 Å². The Morgan fingerprint density at radius 1 is 1.48 bits per heavy atom. The lowest BCUT2D eigenvalue weighted by atomic mass is 9.97. The molecule has 5 nitrogen and oxygen atoms in total. The highest BCUT2D eigenvalue weighted by molar-refractivity contribution is 7.16. The third-order valence-corrected chi connectivity index (χ3v) is 5.19. The molecule has 116 valence electrons. The quantitative estimate of drug-likeness (QED) is 0.869. The second-order valence-electron chi connectivity index (χ2n) is 5.24. The number of piperidine rings is 1. The summed E-state index contributed by atoms with van der Waals surface area (Å²) in [5.74, 6) is -1.05. The van der Waals surface area contributed by atoms with Gasteiger partial charge in [-0.3, -0.25) is 9.59 Å². The highest BCUT2D eigenvalue weighted by atomic mass is 35.5. The number of hydrogen-bond acceptors (Lipinski definition) is 4. The number of aliphatic carboxylic acids is 1. The van der Waals surface area contributed by atoms with E-state index in [1.807, 2.05) is 19.1 Å². The van der Waals surface area contributed by atoms with E-state index in [9.17, 15) is 9.59 Å². The molecule has 0 aliphatic carbocycles. The first-order valence-corrected chi connectivity index (χ1v) is 8.16. The zero-order chi connectivity index (χ0) is 15.4. The van der Waals surface area contributed by atoms with Gasteiger partial charge < -0.3 is 15.3 Å². The summed E-state index contributed by atoms with van der Waals surface area (Å²) in [5, 5.41) is 12.1. The average Bonchev–Trinajstić information content (AvgIpc) is 2.91. The van der Waals surface area contributed by atoms with E-state index in [0.717, 1.165) is 9.21 Å². The van der Waals surface area contributed by atoms with E-state index >= 15 is 0 Å². The predicted molar refractivity (Wildman–Crippen MR) is 82.7 cm³/mol. The van der Waals surface area contributed by atoms with Crippen molar-refractivity contribution in [3.05, 3.63) is 21.3 Å². The molecule has 1 saturated heterocycles. The largest absolute Gasteiger partial charge is 0.481 e. The summed E-state index contributed by atoms with van der Waals surface area (Å²) in [6, 6.07) is 3.87. The van der Waals surface area contributed by atoms with Crippen molar-refractivity contribution < 1.29 is 14.7 Å². The van der Waals surface area contributed by atoms with Crippen LogP contribution in [-0.2, 0) is 9.59 Å². The van der Waals surface area contributed by atoms with Crippen molar-refractivity contribution in [1.82, 2.24) is 10.2 Å². The molecule has 2 N–H and O–H groups in total. The topological polar surface area (TPSA) is 69.6 Å². The molecule has 1 aromatic rings. The minimum atomic E-state index is -0.761. The van der Waals surface area contributed by atoms with Gasteiger partial charge in [-0.25, -0.2) is 0 Å². The van der Waals surface area contributed by atoms with E-state index in [4.69, 9.17) is 16.7 Å². The van der Waals surface area contributed by atoms with Gasteiger partial charge in [0.25, 0.3) is 0 Å². The SMILES string of the molecule is CC(NCC(=O)N1CCC(C(=O)O)CC1)c1ccc(Cl)s1. The number of hydrogen-bond donors (Lipinski definition) is 2. The van der Waals surface area contributed by atoms with Gasteiger partial charge in [0.05, 0.1) is 16.8 Å². The second-order valence-corrected chi connectivity index (χ2v) is 6.98. The number of carboxylic acid groups (broad SMARTS) is 1. The predicted octanol–water partition coefficient (Wildman–Crippen LogP) is 2.38. The lowest BCUT2D eigenvalue weighted by molar-refractivity contribution is -0.145. The van der Waals surface area contributed by atoms with Crippen LogP contribution in [0.5, 0.6) is 0 Å². The lowest BCUT2D eigenvalue weighted by Crippen LogP contribution is -2.44. The fourth-order valence-electron chi connectivity index (χ4n) is 2.39. The molecule has 21 heavy (non-hydrogen) atoms. The number of halogens is 1. The smallest absolute Gasteiger partial charge is 0.306 e. The molecular weight excluding hydrogens is 312 g/mol. The maximum Gasteiger partial charge on any atom is 0.306 e. The molecule has 2 rings (SSSR count). The van der Waals surface area contributed by atoms with Gasteiger partial charge in [-0.2, -0.15) is 0 Å². The van der Waals surface area contributed by atoms with Crippen molar-refractivity contribution >= 4 is 34.8 Å². The molecule has 1 fully saturated rings. The Morgan fingerprint density at radius 2 is 2.14 bits per heavy atom. The molecule has 0 aromatic carbocycles. The number of carbonyl (C=O) groups is 2. The van der Waals surface area contributed by atoms with Crippen LogP contribution in [-0.4, -0.2) is 41.5 Å². The highest BCUT2D eigenvalue weighted by Gasteiger charge is 2.26. The summed E-state index contributed by atoms with van der Waals surface area (Å²) in [6.07, 6.45) is 1.08. The molecule has 1 aliphatic rings. The van der Waals surface area contributed by atoms with Gasteiger partial charge in [0.2, 0.25) is 5.91 Å². The summed E-state index contributed by atoms with van der Waals surface area (Å²) in [5.41, 5.74) is 0. The van der Waals surface area contributed by atoms with Gasteiger partial charge in [-0.05, 0) is 31.9 Å². The second kappa shape index (κ2) is 7.24. The monoisotopic (exact) mass is 330 g/mol. The fourth-order valence-corrected chi connectivity index (χ4v) is 3.48. The molecule has 1 atom stereocenters. The molecular formula is C14H19ClN2O3S. The standard InChI is InChI=1S/C14H19ClN2O3S/c1-9(11-2-3-12(15)21-11)16-8-13(18)17-6-4-10(5-7-17)14(19)20/h2-3,9-10,16H,4-8H2,1H3,(H,19,20). The van der Waals surface area contributed by atoms with E-state index in [0.29, 0.717) is 25.9 Å². The molecule has 0 spiro atoms. The van der Waals surface area contributed by atoms with Crippen LogP contribution in [0, 0.1) is 5.92 Å². The number of amides is 1. The van der Waals surface area contributed by atoms with Crippen molar-refractivity contribution in [2.24, 2.45) is 5.92 Å². The molecule has 0 bridgehead atoms. The Kier molecular flexibility index (Phi) is 5.61. The van der Waals surface area contributed by atoms with Crippen LogP contribution in [0.25, 0.3) is 0 Å². The average molecular weight is 331 g/mol. The maximum atomic E-state index is 12.1. The van der Waals surface area contributed by atoms with E-state index < -0.39 is 5.97 Å². The molecule has 0 saturated carbocycles. The number of rotatable bonds is 5. The summed E-state index contributed by atoms with van der Waals surface area (Å²) in [4.78, 5) is 25.8. The number of nitrogens with one attached hydrogen (secondary N) is 1. The van der Waals surface area contributed by atoms with Crippen LogP contribution in [0.4, 0.5) is 0 Å². The third kappa shape index (κ3) is 4.43. The summed E-state index contributed by atoms with van der Waals surface area (Å²) in [6.45, 7) is 3.30. The van der Waals surface area contributed by atoms with Crippen molar-refractivity contribution in [1.29, 1.82) is 0 Å². The van der Waals surface area contributed by atoms with Gasteiger partial charge in [0.1, 0.15) is 0 Å². The third-order valence-electron chi connectivity index (χ3n) is 3.78. The van der Waals surface area contributed by atoms with Gasteiger partial charge in [0, 0.05) is 24.0 Å². The Labute approximate surface area is 132 Å². The zero-order valence-electron chi connectivity index (χ0n) is 11.8. The Bertz CT molecular complexity index is 512. The summed E-state index contributed by atoms with van der Waals surface area (Å²) < 4.78 is 0.737.